The largest absolute Gasteiger partial charge is 0.463 e. The Morgan fingerprint density at radius 3 is 2.77 bits per heavy atom. The molecule has 0 amide bonds. The van der Waals surface area contributed by atoms with Gasteiger partial charge in [0.15, 0.2) is 0 Å². The summed E-state index contributed by atoms with van der Waals surface area (Å²) in [6.07, 6.45) is 8.27. The van der Waals surface area contributed by atoms with Crippen molar-refractivity contribution in [2.24, 2.45) is 4.99 Å². The Labute approximate surface area is 129 Å². The van der Waals surface area contributed by atoms with Crippen molar-refractivity contribution in [2.75, 3.05) is 13.7 Å². The van der Waals surface area contributed by atoms with E-state index in [9.17, 15) is 0 Å². The van der Waals surface area contributed by atoms with Crippen molar-refractivity contribution in [3.63, 3.8) is 0 Å². The number of ether oxygens (including phenoxy) is 1. The molecule has 0 bridgehead atoms. The van der Waals surface area contributed by atoms with E-state index in [1.807, 2.05) is 19.4 Å². The smallest absolute Gasteiger partial charge is 0.285 e. The van der Waals surface area contributed by atoms with Crippen LogP contribution in [0.15, 0.2) is 41.9 Å². The summed E-state index contributed by atoms with van der Waals surface area (Å²) in [7, 11) is 1.85. The monoisotopic (exact) mass is 294 g/mol. The van der Waals surface area contributed by atoms with E-state index in [2.05, 4.69) is 33.5 Å². The average Bonchev–Trinajstić information content (AvgIpc) is 2.98. The first-order chi connectivity index (χ1) is 10.8. The number of aromatic nitrogens is 2. The first-order valence-corrected chi connectivity index (χ1v) is 7.56. The molecule has 2 heterocycles. The van der Waals surface area contributed by atoms with Gasteiger partial charge in [-0.2, -0.15) is 0 Å². The zero-order chi connectivity index (χ0) is 15.0. The number of hydrogen-bond acceptors (Lipinski definition) is 5. The molecule has 0 fully saturated rings. The van der Waals surface area contributed by atoms with E-state index in [1.165, 1.54) is 16.7 Å². The van der Waals surface area contributed by atoms with Gasteiger partial charge in [0.2, 0.25) is 0 Å². The minimum atomic E-state index is -0.0806. The fourth-order valence-electron chi connectivity index (χ4n) is 3.30. The summed E-state index contributed by atoms with van der Waals surface area (Å²) in [5.41, 5.74) is 4.93. The lowest BCUT2D eigenvalue weighted by Crippen LogP contribution is -2.35. The lowest BCUT2D eigenvalue weighted by Gasteiger charge is -2.30. The normalized spacial score (nSPS) is 22.9. The highest BCUT2D eigenvalue weighted by Gasteiger charge is 2.39. The number of nitrogens with one attached hydrogen (secondary N) is 1. The van der Waals surface area contributed by atoms with E-state index in [1.54, 1.807) is 6.33 Å². The van der Waals surface area contributed by atoms with Crippen LogP contribution < -0.4 is 5.32 Å². The molecule has 0 radical (unpaired) electrons. The molecular formula is C17H18N4O. The Hall–Kier alpha value is -2.43. The Bertz CT molecular complexity index is 729. The van der Waals surface area contributed by atoms with E-state index in [0.29, 0.717) is 12.6 Å². The molecule has 0 saturated heterocycles. The molecule has 2 aliphatic rings. The topological polar surface area (TPSA) is 59.4 Å². The van der Waals surface area contributed by atoms with Crippen LogP contribution in [0.4, 0.5) is 0 Å². The predicted octanol–water partition coefficient (Wildman–Crippen LogP) is 1.98. The lowest BCUT2D eigenvalue weighted by molar-refractivity contribution is 0.232. The number of hydrogen-bond donors (Lipinski definition) is 1. The molecule has 1 aliphatic carbocycles. The molecule has 1 unspecified atom stereocenters. The molecule has 5 nitrogen and oxygen atoms in total. The molecule has 4 rings (SSSR count). The highest BCUT2D eigenvalue weighted by Crippen LogP contribution is 2.36. The number of fused-ring (bicyclic) bond motifs is 1. The molecule has 112 valence electrons. The van der Waals surface area contributed by atoms with Crippen LogP contribution in [0.25, 0.3) is 11.1 Å². The third-order valence-electron chi connectivity index (χ3n) is 4.51. The van der Waals surface area contributed by atoms with Crippen LogP contribution in [0, 0.1) is 0 Å². The fourth-order valence-corrected chi connectivity index (χ4v) is 3.30. The predicted molar refractivity (Wildman–Crippen MR) is 84.7 cm³/mol. The van der Waals surface area contributed by atoms with Crippen LogP contribution in [0.5, 0.6) is 0 Å². The van der Waals surface area contributed by atoms with E-state index in [-0.39, 0.29) is 5.54 Å². The van der Waals surface area contributed by atoms with Gasteiger partial charge in [-0.15, -0.1) is 0 Å². The Morgan fingerprint density at radius 1 is 1.14 bits per heavy atom. The quantitative estimate of drug-likeness (QED) is 0.873. The van der Waals surface area contributed by atoms with Gasteiger partial charge >= 0.3 is 0 Å². The minimum Gasteiger partial charge on any atom is -0.463 e. The first kappa shape index (κ1) is 13.2. The number of nitrogens with zero attached hydrogens (tertiary/aromatic N) is 3. The second-order valence-electron chi connectivity index (χ2n) is 5.97. The SMILES string of the molecule is CNC1=NC2(CCc3cc(-c4cncnc4)ccc3C2)CO1. The third kappa shape index (κ3) is 2.22. The molecule has 1 spiro atoms. The van der Waals surface area contributed by atoms with Gasteiger partial charge < -0.3 is 10.1 Å². The fraction of sp³-hybridized carbons (Fsp3) is 0.353. The van der Waals surface area contributed by atoms with Crippen LogP contribution in [-0.4, -0.2) is 35.2 Å². The molecule has 1 N–H and O–H groups in total. The molecule has 1 aromatic carbocycles. The maximum absolute atomic E-state index is 5.63. The van der Waals surface area contributed by atoms with Crippen molar-refractivity contribution in [1.29, 1.82) is 0 Å². The van der Waals surface area contributed by atoms with Gasteiger partial charge in [-0.3, -0.25) is 0 Å². The zero-order valence-corrected chi connectivity index (χ0v) is 12.5. The van der Waals surface area contributed by atoms with E-state index in [4.69, 9.17) is 9.73 Å². The van der Waals surface area contributed by atoms with Crippen molar-refractivity contribution in [1.82, 2.24) is 15.3 Å². The maximum atomic E-state index is 5.63. The molecule has 1 atom stereocenters. The summed E-state index contributed by atoms with van der Waals surface area (Å²) < 4.78 is 5.63. The standard InChI is InChI=1S/C17H18N4O/c1-18-16-21-17(10-22-16)5-4-13-6-12(2-3-14(13)7-17)15-8-19-11-20-9-15/h2-3,6,8-9,11H,4-5,7,10H2,1H3,(H,18,21). The third-order valence-corrected chi connectivity index (χ3v) is 4.51. The number of aryl methyl sites for hydroxylation is 1. The Balaban J connectivity index is 1.64. The molecule has 5 heteroatoms. The van der Waals surface area contributed by atoms with Crippen LogP contribution in [0.1, 0.15) is 17.5 Å². The number of benzene rings is 1. The Morgan fingerprint density at radius 2 is 2.00 bits per heavy atom. The summed E-state index contributed by atoms with van der Waals surface area (Å²) in [5.74, 6) is 0. The van der Waals surface area contributed by atoms with Gasteiger partial charge in [0.25, 0.3) is 6.02 Å². The molecule has 22 heavy (non-hydrogen) atoms. The van der Waals surface area contributed by atoms with Crippen LogP contribution in [0.2, 0.25) is 0 Å². The van der Waals surface area contributed by atoms with Crippen molar-refractivity contribution in [3.05, 3.63) is 48.0 Å². The van der Waals surface area contributed by atoms with E-state index >= 15 is 0 Å². The van der Waals surface area contributed by atoms with Crippen LogP contribution in [0.3, 0.4) is 0 Å². The van der Waals surface area contributed by atoms with Gasteiger partial charge in [0, 0.05) is 31.4 Å². The summed E-state index contributed by atoms with van der Waals surface area (Å²) >= 11 is 0. The van der Waals surface area contributed by atoms with Crippen molar-refractivity contribution >= 4 is 6.02 Å². The van der Waals surface area contributed by atoms with Crippen LogP contribution in [-0.2, 0) is 17.6 Å². The minimum absolute atomic E-state index is 0.0806. The van der Waals surface area contributed by atoms with Crippen LogP contribution >= 0.6 is 0 Å². The number of aliphatic imine (C=N–C) groups is 1. The second-order valence-corrected chi connectivity index (χ2v) is 5.97. The molecular weight excluding hydrogens is 276 g/mol. The molecule has 0 saturated carbocycles. The lowest BCUT2D eigenvalue weighted by atomic mass is 9.78. The van der Waals surface area contributed by atoms with Crippen molar-refractivity contribution in [2.45, 2.75) is 24.8 Å². The average molecular weight is 294 g/mol. The number of amidine groups is 1. The second kappa shape index (κ2) is 5.09. The number of rotatable bonds is 1. The van der Waals surface area contributed by atoms with Gasteiger partial charge in [0.1, 0.15) is 18.5 Å². The summed E-state index contributed by atoms with van der Waals surface area (Å²) in [5, 5.41) is 3.00. The highest BCUT2D eigenvalue weighted by molar-refractivity contribution is 5.75. The van der Waals surface area contributed by atoms with E-state index < -0.39 is 0 Å². The van der Waals surface area contributed by atoms with Crippen molar-refractivity contribution in [3.8, 4) is 11.1 Å². The highest BCUT2D eigenvalue weighted by atomic mass is 16.5. The van der Waals surface area contributed by atoms with Gasteiger partial charge in [-0.05, 0) is 29.5 Å². The maximum Gasteiger partial charge on any atom is 0.285 e. The summed E-state index contributed by atoms with van der Waals surface area (Å²) in [4.78, 5) is 12.9. The molecule has 1 aromatic heterocycles. The zero-order valence-electron chi connectivity index (χ0n) is 12.5. The van der Waals surface area contributed by atoms with E-state index in [0.717, 1.165) is 24.8 Å². The molecule has 2 aromatic rings. The summed E-state index contributed by atoms with van der Waals surface area (Å²) in [6.45, 7) is 0.677. The van der Waals surface area contributed by atoms with Gasteiger partial charge in [-0.25, -0.2) is 15.0 Å². The first-order valence-electron chi connectivity index (χ1n) is 7.56. The molecule has 1 aliphatic heterocycles. The Kier molecular flexibility index (Phi) is 3.06. The van der Waals surface area contributed by atoms with Crippen molar-refractivity contribution < 1.29 is 4.74 Å². The van der Waals surface area contributed by atoms with Gasteiger partial charge in [-0.1, -0.05) is 18.2 Å². The van der Waals surface area contributed by atoms with Gasteiger partial charge in [0.05, 0.1) is 0 Å². The summed E-state index contributed by atoms with van der Waals surface area (Å²) in [6, 6.07) is 7.29.